The third-order valence-electron chi connectivity index (χ3n) is 2.36. The molecule has 5 nitrogen and oxygen atoms in total. The van der Waals surface area contributed by atoms with Gasteiger partial charge in [0.15, 0.2) is 0 Å². The summed E-state index contributed by atoms with van der Waals surface area (Å²) in [7, 11) is -1.71. The molecule has 0 aliphatic heterocycles. The molecule has 0 radical (unpaired) electrons. The van der Waals surface area contributed by atoms with Crippen LogP contribution in [0.4, 0.5) is 5.69 Å². The molecule has 0 bridgehead atoms. The van der Waals surface area contributed by atoms with Crippen LogP contribution in [0.25, 0.3) is 0 Å². The maximum absolute atomic E-state index is 12.0. The van der Waals surface area contributed by atoms with Gasteiger partial charge in [-0.3, -0.25) is 9.29 Å². The molecule has 0 unspecified atom stereocenters. The molecule has 0 fully saturated rings. The summed E-state index contributed by atoms with van der Waals surface area (Å²) in [5, 5.41) is 3.09. The molecule has 1 aromatic rings. The van der Waals surface area contributed by atoms with Crippen LogP contribution in [-0.4, -0.2) is 38.8 Å². The standard InChI is InChI=1S/C11H19N3O2S/c1-10(2)13-8-9-17(15,16)14(3)11-4-6-12-7-5-11/h4-7,10,13H,8-9H2,1-3H3. The van der Waals surface area contributed by atoms with E-state index in [1.54, 1.807) is 31.6 Å². The summed E-state index contributed by atoms with van der Waals surface area (Å²) in [6.45, 7) is 4.42. The van der Waals surface area contributed by atoms with Crippen molar-refractivity contribution in [3.8, 4) is 0 Å². The lowest BCUT2D eigenvalue weighted by Crippen LogP contribution is -2.35. The maximum atomic E-state index is 12.0. The van der Waals surface area contributed by atoms with Crippen LogP contribution in [-0.2, 0) is 10.0 Å². The second kappa shape index (κ2) is 5.97. The molecule has 0 spiro atoms. The average Bonchev–Trinajstić information content (AvgIpc) is 2.28. The largest absolute Gasteiger partial charge is 0.313 e. The van der Waals surface area contributed by atoms with E-state index in [4.69, 9.17) is 0 Å². The Morgan fingerprint density at radius 3 is 2.47 bits per heavy atom. The van der Waals surface area contributed by atoms with E-state index in [0.29, 0.717) is 12.2 Å². The van der Waals surface area contributed by atoms with Gasteiger partial charge >= 0.3 is 0 Å². The first kappa shape index (κ1) is 13.9. The van der Waals surface area contributed by atoms with Gasteiger partial charge in [0.25, 0.3) is 0 Å². The Morgan fingerprint density at radius 1 is 1.35 bits per heavy atom. The number of sulfonamides is 1. The molecule has 0 aromatic carbocycles. The van der Waals surface area contributed by atoms with Gasteiger partial charge in [0, 0.05) is 32.0 Å². The zero-order valence-corrected chi connectivity index (χ0v) is 11.2. The normalized spacial score (nSPS) is 11.8. The van der Waals surface area contributed by atoms with E-state index in [1.807, 2.05) is 13.8 Å². The smallest absolute Gasteiger partial charge is 0.236 e. The number of aromatic nitrogens is 1. The third-order valence-corrected chi connectivity index (χ3v) is 4.12. The Balaban J connectivity index is 2.65. The Morgan fingerprint density at radius 2 is 1.94 bits per heavy atom. The van der Waals surface area contributed by atoms with Crippen molar-refractivity contribution < 1.29 is 8.42 Å². The van der Waals surface area contributed by atoms with Gasteiger partial charge in [-0.25, -0.2) is 8.42 Å². The van der Waals surface area contributed by atoms with Gasteiger partial charge in [-0.15, -0.1) is 0 Å². The highest BCUT2D eigenvalue weighted by Gasteiger charge is 2.17. The van der Waals surface area contributed by atoms with Crippen molar-refractivity contribution in [1.82, 2.24) is 10.3 Å². The van der Waals surface area contributed by atoms with E-state index in [-0.39, 0.29) is 11.8 Å². The number of anilines is 1. The summed E-state index contributed by atoms with van der Waals surface area (Å²) in [6.07, 6.45) is 3.15. The topological polar surface area (TPSA) is 62.3 Å². The summed E-state index contributed by atoms with van der Waals surface area (Å²) in [5.74, 6) is 0.0873. The fraction of sp³-hybridized carbons (Fsp3) is 0.545. The molecule has 0 saturated heterocycles. The number of hydrogen-bond acceptors (Lipinski definition) is 4. The fourth-order valence-electron chi connectivity index (χ4n) is 1.33. The SMILES string of the molecule is CC(C)NCCS(=O)(=O)N(C)c1ccncc1. The summed E-state index contributed by atoms with van der Waals surface area (Å²) < 4.78 is 25.2. The second-order valence-electron chi connectivity index (χ2n) is 4.10. The van der Waals surface area contributed by atoms with Crippen molar-refractivity contribution in [2.75, 3.05) is 23.7 Å². The summed E-state index contributed by atoms with van der Waals surface area (Å²) >= 11 is 0. The molecule has 0 atom stereocenters. The molecule has 0 aliphatic carbocycles. The Bertz CT molecular complexity index is 431. The minimum absolute atomic E-state index is 0.0873. The van der Waals surface area contributed by atoms with Gasteiger partial charge < -0.3 is 5.32 Å². The van der Waals surface area contributed by atoms with Crippen molar-refractivity contribution in [3.63, 3.8) is 0 Å². The first-order chi connectivity index (χ1) is 7.93. The van der Waals surface area contributed by atoms with Crippen molar-refractivity contribution in [2.45, 2.75) is 19.9 Å². The molecule has 0 amide bonds. The number of pyridine rings is 1. The lowest BCUT2D eigenvalue weighted by molar-refractivity contribution is 0.577. The van der Waals surface area contributed by atoms with Gasteiger partial charge in [0.05, 0.1) is 11.4 Å². The minimum atomic E-state index is -3.27. The van der Waals surface area contributed by atoms with Gasteiger partial charge in [0.1, 0.15) is 0 Å². The summed E-state index contributed by atoms with van der Waals surface area (Å²) in [5.41, 5.74) is 0.629. The predicted molar refractivity (Wildman–Crippen MR) is 69.6 cm³/mol. The van der Waals surface area contributed by atoms with Gasteiger partial charge in [-0.05, 0) is 12.1 Å². The quantitative estimate of drug-likeness (QED) is 0.820. The highest BCUT2D eigenvalue weighted by atomic mass is 32.2. The first-order valence-corrected chi connectivity index (χ1v) is 7.14. The lowest BCUT2D eigenvalue weighted by Gasteiger charge is -2.19. The Kier molecular flexibility index (Phi) is 4.89. The molecule has 1 rings (SSSR count). The monoisotopic (exact) mass is 257 g/mol. The van der Waals surface area contributed by atoms with Crippen LogP contribution >= 0.6 is 0 Å². The number of nitrogens with one attached hydrogen (secondary N) is 1. The highest BCUT2D eigenvalue weighted by Crippen LogP contribution is 2.13. The van der Waals surface area contributed by atoms with E-state index < -0.39 is 10.0 Å². The zero-order chi connectivity index (χ0) is 12.9. The molecule has 17 heavy (non-hydrogen) atoms. The number of hydrogen-bond donors (Lipinski definition) is 1. The van der Waals surface area contributed by atoms with Crippen molar-refractivity contribution >= 4 is 15.7 Å². The van der Waals surface area contributed by atoms with Crippen LogP contribution in [0.2, 0.25) is 0 Å². The number of nitrogens with zero attached hydrogens (tertiary/aromatic N) is 2. The molecular weight excluding hydrogens is 238 g/mol. The van der Waals surface area contributed by atoms with Crippen molar-refractivity contribution in [2.24, 2.45) is 0 Å². The Hall–Kier alpha value is -1.14. The molecule has 0 aliphatic rings. The van der Waals surface area contributed by atoms with E-state index in [0.717, 1.165) is 0 Å². The molecule has 1 heterocycles. The Labute approximate surface area is 103 Å². The highest BCUT2D eigenvalue weighted by molar-refractivity contribution is 7.92. The minimum Gasteiger partial charge on any atom is -0.313 e. The fourth-order valence-corrected chi connectivity index (χ4v) is 2.42. The average molecular weight is 257 g/mol. The summed E-state index contributed by atoms with van der Waals surface area (Å²) in [4.78, 5) is 3.86. The molecule has 96 valence electrons. The van der Waals surface area contributed by atoms with Crippen LogP contribution in [0.15, 0.2) is 24.5 Å². The van der Waals surface area contributed by atoms with E-state index in [2.05, 4.69) is 10.3 Å². The molecule has 0 saturated carbocycles. The maximum Gasteiger partial charge on any atom is 0.236 e. The van der Waals surface area contributed by atoms with Crippen molar-refractivity contribution in [1.29, 1.82) is 0 Å². The predicted octanol–water partition coefficient (Wildman–Crippen LogP) is 0.846. The lowest BCUT2D eigenvalue weighted by atomic mass is 10.4. The van der Waals surface area contributed by atoms with Crippen LogP contribution in [0.5, 0.6) is 0 Å². The van der Waals surface area contributed by atoms with Crippen LogP contribution in [0, 0.1) is 0 Å². The van der Waals surface area contributed by atoms with Crippen LogP contribution in [0.3, 0.4) is 0 Å². The van der Waals surface area contributed by atoms with Crippen LogP contribution < -0.4 is 9.62 Å². The van der Waals surface area contributed by atoms with E-state index >= 15 is 0 Å². The summed E-state index contributed by atoms with van der Waals surface area (Å²) in [6, 6.07) is 3.64. The van der Waals surface area contributed by atoms with E-state index in [9.17, 15) is 8.42 Å². The number of rotatable bonds is 6. The first-order valence-electron chi connectivity index (χ1n) is 5.53. The molecule has 1 aromatic heterocycles. The van der Waals surface area contributed by atoms with Gasteiger partial charge in [-0.2, -0.15) is 0 Å². The second-order valence-corrected chi connectivity index (χ2v) is 6.22. The third kappa shape index (κ3) is 4.32. The zero-order valence-electron chi connectivity index (χ0n) is 10.4. The van der Waals surface area contributed by atoms with E-state index in [1.165, 1.54) is 4.31 Å². The molecule has 1 N–H and O–H groups in total. The van der Waals surface area contributed by atoms with Gasteiger partial charge in [-0.1, -0.05) is 13.8 Å². The van der Waals surface area contributed by atoms with Crippen LogP contribution in [0.1, 0.15) is 13.8 Å². The van der Waals surface area contributed by atoms with Gasteiger partial charge in [0.2, 0.25) is 10.0 Å². The molecule has 6 heteroatoms. The molecular formula is C11H19N3O2S. The van der Waals surface area contributed by atoms with Crippen molar-refractivity contribution in [3.05, 3.63) is 24.5 Å².